The molecule has 16 heavy (non-hydrogen) atoms. The molecule has 1 N–H and O–H groups in total. The quantitative estimate of drug-likeness (QED) is 0.605. The van der Waals surface area contributed by atoms with Gasteiger partial charge in [-0.2, -0.15) is 0 Å². The first-order valence-electron chi connectivity index (χ1n) is 5.76. The van der Waals surface area contributed by atoms with Gasteiger partial charge in [-0.3, -0.25) is 4.79 Å². The topological polar surface area (TPSA) is 29.1 Å². The zero-order valence-corrected chi connectivity index (χ0v) is 9.41. The van der Waals surface area contributed by atoms with Gasteiger partial charge in [-0.25, -0.2) is 0 Å². The number of hydrogen-bond donors (Lipinski definition) is 1. The highest BCUT2D eigenvalue weighted by atomic mass is 16.1. The fourth-order valence-electron chi connectivity index (χ4n) is 2.19. The molecule has 0 radical (unpaired) electrons. The van der Waals surface area contributed by atoms with Gasteiger partial charge < -0.3 is 5.32 Å². The summed E-state index contributed by atoms with van der Waals surface area (Å²) in [5, 5.41) is 2.95. The summed E-state index contributed by atoms with van der Waals surface area (Å²) in [5.41, 5.74) is 2.65. The highest BCUT2D eigenvalue weighted by Gasteiger charge is 2.26. The van der Waals surface area contributed by atoms with Crippen molar-refractivity contribution in [1.82, 2.24) is 5.32 Å². The highest BCUT2D eigenvalue weighted by Crippen LogP contribution is 2.26. The zero-order valence-electron chi connectivity index (χ0n) is 9.41. The van der Waals surface area contributed by atoms with Crippen LogP contribution >= 0.6 is 0 Å². The second kappa shape index (κ2) is 4.97. The Labute approximate surface area is 96.4 Å². The van der Waals surface area contributed by atoms with Gasteiger partial charge in [0.15, 0.2) is 0 Å². The first-order chi connectivity index (χ1) is 7.81. The summed E-state index contributed by atoms with van der Waals surface area (Å²) >= 11 is 0. The largest absolute Gasteiger partial charge is 0.356 e. The molecule has 0 atom stereocenters. The first-order valence-corrected chi connectivity index (χ1v) is 5.76. The van der Waals surface area contributed by atoms with Crippen molar-refractivity contribution in [3.8, 4) is 0 Å². The average Bonchev–Trinajstić information content (AvgIpc) is 2.73. The minimum atomic E-state index is 0.127. The Kier molecular flexibility index (Phi) is 3.40. The minimum absolute atomic E-state index is 0.127. The third-order valence-electron chi connectivity index (χ3n) is 3.07. The van der Waals surface area contributed by atoms with Crippen molar-refractivity contribution in [1.29, 1.82) is 0 Å². The Balaban J connectivity index is 1.90. The van der Waals surface area contributed by atoms with Gasteiger partial charge in [0.25, 0.3) is 0 Å². The molecule has 84 valence electrons. The van der Waals surface area contributed by atoms with E-state index in [1.54, 1.807) is 0 Å². The fraction of sp³-hybridized carbons (Fsp3) is 0.357. The average molecular weight is 215 g/mol. The molecule has 1 aromatic carbocycles. The Hall–Kier alpha value is -1.57. The standard InChI is InChI=1S/C14H17NO/c1-2-3-8-15-14(16)13-9-11-6-4-5-7-12(11)10-13/h2,4-7,13H,1,3,8-10H2,(H,15,16). The maximum absolute atomic E-state index is 11.8. The van der Waals surface area contributed by atoms with E-state index < -0.39 is 0 Å². The SMILES string of the molecule is C=CCCNC(=O)C1Cc2ccccc2C1. The van der Waals surface area contributed by atoms with Crippen molar-refractivity contribution < 1.29 is 4.79 Å². The van der Waals surface area contributed by atoms with E-state index in [9.17, 15) is 4.79 Å². The fourth-order valence-corrected chi connectivity index (χ4v) is 2.19. The molecule has 2 rings (SSSR count). The summed E-state index contributed by atoms with van der Waals surface area (Å²) in [7, 11) is 0. The van der Waals surface area contributed by atoms with E-state index in [1.165, 1.54) is 11.1 Å². The number of carbonyl (C=O) groups is 1. The monoisotopic (exact) mass is 215 g/mol. The number of benzene rings is 1. The summed E-state index contributed by atoms with van der Waals surface area (Å²) in [6.07, 6.45) is 4.43. The number of hydrogen-bond acceptors (Lipinski definition) is 1. The predicted molar refractivity (Wildman–Crippen MR) is 65.2 cm³/mol. The van der Waals surface area contributed by atoms with Gasteiger partial charge in [0, 0.05) is 12.5 Å². The lowest BCUT2D eigenvalue weighted by Crippen LogP contribution is -2.31. The predicted octanol–water partition coefficient (Wildman–Crippen LogP) is 2.09. The number of fused-ring (bicyclic) bond motifs is 1. The molecule has 0 saturated carbocycles. The summed E-state index contributed by atoms with van der Waals surface area (Å²) in [6, 6.07) is 8.31. The zero-order chi connectivity index (χ0) is 11.4. The lowest BCUT2D eigenvalue weighted by atomic mass is 10.1. The Morgan fingerprint density at radius 1 is 1.38 bits per heavy atom. The molecular weight excluding hydrogens is 198 g/mol. The van der Waals surface area contributed by atoms with Gasteiger partial charge in [0.2, 0.25) is 5.91 Å². The Morgan fingerprint density at radius 2 is 2.00 bits per heavy atom. The Bertz CT molecular complexity index is 372. The number of nitrogens with one attached hydrogen (secondary N) is 1. The maximum Gasteiger partial charge on any atom is 0.223 e. The molecule has 0 heterocycles. The van der Waals surface area contributed by atoms with E-state index in [2.05, 4.69) is 24.0 Å². The van der Waals surface area contributed by atoms with Crippen molar-refractivity contribution in [2.24, 2.45) is 5.92 Å². The molecule has 1 amide bonds. The molecule has 2 nitrogen and oxygen atoms in total. The van der Waals surface area contributed by atoms with E-state index in [0.717, 1.165) is 19.3 Å². The van der Waals surface area contributed by atoms with Crippen LogP contribution in [-0.2, 0) is 17.6 Å². The molecule has 0 bridgehead atoms. The van der Waals surface area contributed by atoms with Crippen LogP contribution in [-0.4, -0.2) is 12.5 Å². The van der Waals surface area contributed by atoms with Gasteiger partial charge in [-0.05, 0) is 30.4 Å². The third kappa shape index (κ3) is 2.32. The van der Waals surface area contributed by atoms with Crippen LogP contribution in [0.1, 0.15) is 17.5 Å². The van der Waals surface area contributed by atoms with Crippen molar-refractivity contribution in [3.05, 3.63) is 48.0 Å². The minimum Gasteiger partial charge on any atom is -0.356 e. The molecule has 1 aliphatic carbocycles. The van der Waals surface area contributed by atoms with Crippen LogP contribution in [0.25, 0.3) is 0 Å². The molecule has 0 saturated heterocycles. The molecule has 2 heteroatoms. The van der Waals surface area contributed by atoms with Crippen molar-refractivity contribution in [3.63, 3.8) is 0 Å². The molecule has 0 unspecified atom stereocenters. The molecule has 0 fully saturated rings. The van der Waals surface area contributed by atoms with Crippen LogP contribution in [0, 0.1) is 5.92 Å². The molecule has 0 aromatic heterocycles. The lowest BCUT2D eigenvalue weighted by molar-refractivity contribution is -0.124. The number of carbonyl (C=O) groups excluding carboxylic acids is 1. The maximum atomic E-state index is 11.8. The van der Waals surface area contributed by atoms with Gasteiger partial charge in [0.1, 0.15) is 0 Å². The van der Waals surface area contributed by atoms with Crippen LogP contribution in [0.3, 0.4) is 0 Å². The van der Waals surface area contributed by atoms with Crippen molar-refractivity contribution in [2.75, 3.05) is 6.54 Å². The Morgan fingerprint density at radius 3 is 2.56 bits per heavy atom. The third-order valence-corrected chi connectivity index (χ3v) is 3.07. The van der Waals surface area contributed by atoms with Crippen LogP contribution < -0.4 is 5.32 Å². The van der Waals surface area contributed by atoms with Crippen molar-refractivity contribution >= 4 is 5.91 Å². The molecule has 1 aromatic rings. The van der Waals surface area contributed by atoms with Crippen LogP contribution in [0.2, 0.25) is 0 Å². The number of amides is 1. The van der Waals surface area contributed by atoms with E-state index in [-0.39, 0.29) is 11.8 Å². The van der Waals surface area contributed by atoms with Gasteiger partial charge in [0.05, 0.1) is 0 Å². The van der Waals surface area contributed by atoms with Gasteiger partial charge in [-0.1, -0.05) is 30.3 Å². The lowest BCUT2D eigenvalue weighted by Gasteiger charge is -2.09. The molecule has 0 spiro atoms. The normalized spacial score (nSPS) is 14.5. The van der Waals surface area contributed by atoms with Crippen LogP contribution in [0.15, 0.2) is 36.9 Å². The highest BCUT2D eigenvalue weighted by molar-refractivity contribution is 5.80. The second-order valence-electron chi connectivity index (χ2n) is 4.24. The van der Waals surface area contributed by atoms with E-state index in [1.807, 2.05) is 18.2 Å². The summed E-state index contributed by atoms with van der Waals surface area (Å²) < 4.78 is 0. The summed E-state index contributed by atoms with van der Waals surface area (Å²) in [6.45, 7) is 4.34. The second-order valence-corrected chi connectivity index (χ2v) is 4.24. The molecule has 0 aliphatic heterocycles. The van der Waals surface area contributed by atoms with Crippen LogP contribution in [0.4, 0.5) is 0 Å². The molecular formula is C14H17NO. The number of rotatable bonds is 4. The van der Waals surface area contributed by atoms with E-state index in [0.29, 0.717) is 6.54 Å². The van der Waals surface area contributed by atoms with Gasteiger partial charge in [-0.15, -0.1) is 6.58 Å². The smallest absolute Gasteiger partial charge is 0.223 e. The van der Waals surface area contributed by atoms with Crippen LogP contribution in [0.5, 0.6) is 0 Å². The molecule has 1 aliphatic rings. The van der Waals surface area contributed by atoms with E-state index in [4.69, 9.17) is 0 Å². The van der Waals surface area contributed by atoms with Crippen molar-refractivity contribution in [2.45, 2.75) is 19.3 Å². The van der Waals surface area contributed by atoms with E-state index >= 15 is 0 Å². The summed E-state index contributed by atoms with van der Waals surface area (Å²) in [4.78, 5) is 11.8. The summed E-state index contributed by atoms with van der Waals surface area (Å²) in [5.74, 6) is 0.306. The first kappa shape index (κ1) is 10.9. The van der Waals surface area contributed by atoms with Gasteiger partial charge >= 0.3 is 0 Å².